The van der Waals surface area contributed by atoms with Crippen molar-refractivity contribution >= 4 is 23.3 Å². The molecule has 6 nitrogen and oxygen atoms in total. The summed E-state index contributed by atoms with van der Waals surface area (Å²) in [6, 6.07) is 7.95. The molecule has 1 atom stereocenters. The van der Waals surface area contributed by atoms with E-state index >= 15 is 0 Å². The number of carboxylic acid groups (broad SMARTS) is 1. The van der Waals surface area contributed by atoms with Gasteiger partial charge in [-0.05, 0) is 56.5 Å². The van der Waals surface area contributed by atoms with Crippen molar-refractivity contribution in [1.29, 1.82) is 0 Å². The summed E-state index contributed by atoms with van der Waals surface area (Å²) < 4.78 is 0. The summed E-state index contributed by atoms with van der Waals surface area (Å²) in [6.07, 6.45) is 4.01. The predicted octanol–water partition coefficient (Wildman–Crippen LogP) is 2.02. The zero-order valence-corrected chi connectivity index (χ0v) is 13.9. The number of piperidine rings is 1. The minimum Gasteiger partial charge on any atom is -0.481 e. The van der Waals surface area contributed by atoms with Crippen molar-refractivity contribution in [3.8, 4) is 0 Å². The normalized spacial score (nSPS) is 21.7. The minimum absolute atomic E-state index is 0.0880. The molecule has 0 radical (unpaired) electrons. The van der Waals surface area contributed by atoms with Gasteiger partial charge in [-0.3, -0.25) is 14.5 Å². The summed E-state index contributed by atoms with van der Waals surface area (Å²) >= 11 is 0. The van der Waals surface area contributed by atoms with Gasteiger partial charge in [0.05, 0.1) is 12.5 Å². The Kier molecular flexibility index (Phi) is 5.35. The highest BCUT2D eigenvalue weighted by molar-refractivity contribution is 5.92. The van der Waals surface area contributed by atoms with Crippen molar-refractivity contribution in [3.05, 3.63) is 24.3 Å². The molecule has 6 heteroatoms. The lowest BCUT2D eigenvalue weighted by atomic mass is 9.98. The number of anilines is 2. The van der Waals surface area contributed by atoms with E-state index in [-0.39, 0.29) is 18.4 Å². The van der Waals surface area contributed by atoms with Gasteiger partial charge < -0.3 is 15.3 Å². The molecule has 24 heavy (non-hydrogen) atoms. The lowest BCUT2D eigenvalue weighted by Crippen LogP contribution is -2.42. The zero-order valence-electron chi connectivity index (χ0n) is 13.9. The molecular weight excluding hydrogens is 306 g/mol. The maximum absolute atomic E-state index is 12.2. The van der Waals surface area contributed by atoms with Crippen molar-refractivity contribution in [2.75, 3.05) is 42.9 Å². The molecule has 2 aliphatic rings. The van der Waals surface area contributed by atoms with E-state index in [1.807, 2.05) is 29.2 Å². The van der Waals surface area contributed by atoms with Crippen LogP contribution in [0.5, 0.6) is 0 Å². The van der Waals surface area contributed by atoms with Crippen molar-refractivity contribution < 1.29 is 14.7 Å². The number of aliphatic carboxylic acids is 1. The first kappa shape index (κ1) is 16.8. The lowest BCUT2D eigenvalue weighted by molar-refractivity contribution is -0.144. The summed E-state index contributed by atoms with van der Waals surface area (Å²) in [6.45, 7) is 3.69. The molecule has 3 rings (SSSR count). The minimum atomic E-state index is -0.766. The molecule has 0 saturated carbocycles. The topological polar surface area (TPSA) is 72.9 Å². The summed E-state index contributed by atoms with van der Waals surface area (Å²) in [7, 11) is 0. The molecule has 2 fully saturated rings. The van der Waals surface area contributed by atoms with E-state index in [4.69, 9.17) is 5.11 Å². The van der Waals surface area contributed by atoms with E-state index in [2.05, 4.69) is 10.2 Å². The van der Waals surface area contributed by atoms with E-state index in [0.717, 1.165) is 31.7 Å². The van der Waals surface area contributed by atoms with Gasteiger partial charge in [-0.25, -0.2) is 0 Å². The highest BCUT2D eigenvalue weighted by Crippen LogP contribution is 2.22. The molecule has 1 unspecified atom stereocenters. The van der Waals surface area contributed by atoms with Gasteiger partial charge in [0.25, 0.3) is 0 Å². The lowest BCUT2D eigenvalue weighted by Gasteiger charge is -2.29. The largest absolute Gasteiger partial charge is 0.481 e. The third-order valence-corrected chi connectivity index (χ3v) is 4.84. The number of amides is 1. The van der Waals surface area contributed by atoms with Gasteiger partial charge in [-0.2, -0.15) is 0 Å². The Balaban J connectivity index is 1.50. The Morgan fingerprint density at radius 2 is 1.79 bits per heavy atom. The number of benzene rings is 1. The second kappa shape index (κ2) is 7.66. The fourth-order valence-electron chi connectivity index (χ4n) is 3.54. The van der Waals surface area contributed by atoms with Crippen LogP contribution in [-0.4, -0.2) is 54.6 Å². The standard InChI is InChI=1S/C18H25N3O3/c22-17(13-20-9-3-4-14(12-20)18(23)24)19-15-5-7-16(8-6-15)21-10-1-2-11-21/h5-8,14H,1-4,9-13H2,(H,19,22)(H,23,24). The van der Waals surface area contributed by atoms with Gasteiger partial charge in [0, 0.05) is 31.0 Å². The van der Waals surface area contributed by atoms with E-state index in [1.165, 1.54) is 18.5 Å². The molecule has 2 heterocycles. The smallest absolute Gasteiger partial charge is 0.307 e. The number of carboxylic acids is 1. The third-order valence-electron chi connectivity index (χ3n) is 4.84. The van der Waals surface area contributed by atoms with Crippen LogP contribution in [0, 0.1) is 5.92 Å². The number of likely N-dealkylation sites (tertiary alicyclic amines) is 1. The van der Waals surface area contributed by atoms with Crippen LogP contribution in [0.3, 0.4) is 0 Å². The summed E-state index contributed by atoms with van der Waals surface area (Å²) in [5.74, 6) is -1.21. The molecule has 1 amide bonds. The highest BCUT2D eigenvalue weighted by atomic mass is 16.4. The van der Waals surface area contributed by atoms with E-state index < -0.39 is 5.97 Å². The van der Waals surface area contributed by atoms with Gasteiger partial charge in [0.2, 0.25) is 5.91 Å². The number of rotatable bonds is 5. The second-order valence-electron chi connectivity index (χ2n) is 6.70. The van der Waals surface area contributed by atoms with Crippen LogP contribution in [0.2, 0.25) is 0 Å². The molecule has 1 aromatic carbocycles. The average molecular weight is 331 g/mol. The van der Waals surface area contributed by atoms with Crippen molar-refractivity contribution in [3.63, 3.8) is 0 Å². The van der Waals surface area contributed by atoms with Gasteiger partial charge in [-0.1, -0.05) is 0 Å². The number of nitrogens with zero attached hydrogens (tertiary/aromatic N) is 2. The quantitative estimate of drug-likeness (QED) is 0.864. The number of nitrogens with one attached hydrogen (secondary N) is 1. The number of hydrogen-bond donors (Lipinski definition) is 2. The van der Waals surface area contributed by atoms with Crippen LogP contribution in [0.25, 0.3) is 0 Å². The molecule has 2 N–H and O–H groups in total. The first-order valence-corrected chi connectivity index (χ1v) is 8.72. The molecule has 2 saturated heterocycles. The third kappa shape index (κ3) is 4.26. The van der Waals surface area contributed by atoms with Gasteiger partial charge in [0.15, 0.2) is 0 Å². The number of carbonyl (C=O) groups is 2. The van der Waals surface area contributed by atoms with E-state index in [1.54, 1.807) is 0 Å². The molecule has 0 bridgehead atoms. The number of carbonyl (C=O) groups excluding carboxylic acids is 1. The van der Waals surface area contributed by atoms with Crippen LogP contribution in [-0.2, 0) is 9.59 Å². The van der Waals surface area contributed by atoms with Crippen LogP contribution < -0.4 is 10.2 Å². The Hall–Kier alpha value is -2.08. The summed E-state index contributed by atoms with van der Waals surface area (Å²) in [4.78, 5) is 27.6. The maximum Gasteiger partial charge on any atom is 0.307 e. The fraction of sp³-hybridized carbons (Fsp3) is 0.556. The second-order valence-corrected chi connectivity index (χ2v) is 6.70. The summed E-state index contributed by atoms with van der Waals surface area (Å²) in [5, 5.41) is 12.0. The maximum atomic E-state index is 12.2. The van der Waals surface area contributed by atoms with E-state index in [0.29, 0.717) is 13.0 Å². The molecular formula is C18H25N3O3. The first-order valence-electron chi connectivity index (χ1n) is 8.72. The molecule has 0 spiro atoms. The highest BCUT2D eigenvalue weighted by Gasteiger charge is 2.26. The summed E-state index contributed by atoms with van der Waals surface area (Å²) in [5.41, 5.74) is 1.99. The van der Waals surface area contributed by atoms with Gasteiger partial charge in [0.1, 0.15) is 0 Å². The average Bonchev–Trinajstić information content (AvgIpc) is 3.10. The molecule has 1 aromatic rings. The Labute approximate surface area is 142 Å². The van der Waals surface area contributed by atoms with Crippen molar-refractivity contribution in [2.45, 2.75) is 25.7 Å². The molecule has 0 aliphatic carbocycles. The Morgan fingerprint density at radius 1 is 1.08 bits per heavy atom. The molecule has 2 aliphatic heterocycles. The monoisotopic (exact) mass is 331 g/mol. The first-order chi connectivity index (χ1) is 11.6. The van der Waals surface area contributed by atoms with Crippen LogP contribution in [0.1, 0.15) is 25.7 Å². The Bertz CT molecular complexity index is 582. The van der Waals surface area contributed by atoms with Crippen LogP contribution in [0.15, 0.2) is 24.3 Å². The molecule has 130 valence electrons. The Morgan fingerprint density at radius 3 is 2.46 bits per heavy atom. The SMILES string of the molecule is O=C(CN1CCCC(C(=O)O)C1)Nc1ccc(N2CCCC2)cc1. The van der Waals surface area contributed by atoms with Gasteiger partial charge in [-0.15, -0.1) is 0 Å². The fourth-order valence-corrected chi connectivity index (χ4v) is 3.54. The number of hydrogen-bond acceptors (Lipinski definition) is 4. The van der Waals surface area contributed by atoms with E-state index in [9.17, 15) is 9.59 Å². The molecule has 0 aromatic heterocycles. The van der Waals surface area contributed by atoms with Crippen molar-refractivity contribution in [2.24, 2.45) is 5.92 Å². The van der Waals surface area contributed by atoms with Gasteiger partial charge >= 0.3 is 5.97 Å². The zero-order chi connectivity index (χ0) is 16.9. The predicted molar refractivity (Wildman–Crippen MR) is 93.3 cm³/mol. The van der Waals surface area contributed by atoms with Crippen LogP contribution >= 0.6 is 0 Å². The van der Waals surface area contributed by atoms with Crippen LogP contribution in [0.4, 0.5) is 11.4 Å². The van der Waals surface area contributed by atoms with Crippen molar-refractivity contribution in [1.82, 2.24) is 4.90 Å².